The number of imidazole rings is 1. The van der Waals surface area contributed by atoms with Gasteiger partial charge in [-0.3, -0.25) is 9.59 Å². The molecule has 1 aromatic rings. The highest BCUT2D eigenvalue weighted by Gasteiger charge is 2.52. The lowest BCUT2D eigenvalue weighted by Crippen LogP contribution is -2.46. The minimum atomic E-state index is -0.541. The Labute approximate surface area is 136 Å². The highest BCUT2D eigenvalue weighted by Crippen LogP contribution is 2.44. The van der Waals surface area contributed by atoms with Crippen molar-refractivity contribution in [3.8, 4) is 0 Å². The van der Waals surface area contributed by atoms with Crippen molar-refractivity contribution in [1.29, 1.82) is 0 Å². The van der Waals surface area contributed by atoms with Crippen molar-refractivity contribution in [1.82, 2.24) is 14.9 Å². The Morgan fingerprint density at radius 2 is 2.13 bits per heavy atom. The number of hydrogen-bond acceptors (Lipinski definition) is 4. The van der Waals surface area contributed by atoms with Crippen LogP contribution in [-0.4, -0.2) is 33.6 Å². The first-order valence-corrected chi connectivity index (χ1v) is 8.50. The van der Waals surface area contributed by atoms with Gasteiger partial charge < -0.3 is 14.6 Å². The van der Waals surface area contributed by atoms with Crippen molar-refractivity contribution in [2.24, 2.45) is 5.92 Å². The van der Waals surface area contributed by atoms with Gasteiger partial charge in [0.25, 0.3) is 0 Å². The van der Waals surface area contributed by atoms with Crippen molar-refractivity contribution < 1.29 is 14.3 Å². The molecular weight excluding hydrogens is 294 g/mol. The average molecular weight is 319 g/mol. The molecule has 2 aliphatic rings. The summed E-state index contributed by atoms with van der Waals surface area (Å²) >= 11 is 0. The molecule has 6 nitrogen and oxygen atoms in total. The van der Waals surface area contributed by atoms with Crippen molar-refractivity contribution in [2.45, 2.75) is 64.5 Å². The predicted octanol–water partition coefficient (Wildman–Crippen LogP) is 1.88. The molecule has 1 spiro atoms. The molecule has 0 bridgehead atoms. The van der Waals surface area contributed by atoms with Crippen LogP contribution in [0.4, 0.5) is 0 Å². The largest absolute Gasteiger partial charge is 0.458 e. The first-order valence-electron chi connectivity index (χ1n) is 8.50. The molecule has 0 radical (unpaired) electrons. The van der Waals surface area contributed by atoms with Crippen LogP contribution >= 0.6 is 0 Å². The number of ether oxygens (including phenoxy) is 1. The summed E-state index contributed by atoms with van der Waals surface area (Å²) in [6.45, 7) is 5.21. The van der Waals surface area contributed by atoms with E-state index in [-0.39, 0.29) is 24.2 Å². The second-order valence-electron chi connectivity index (χ2n) is 6.76. The van der Waals surface area contributed by atoms with Gasteiger partial charge in [-0.05, 0) is 39.5 Å². The summed E-state index contributed by atoms with van der Waals surface area (Å²) in [5.41, 5.74) is 1.58. The number of carbonyl (C=O) groups is 2. The first-order chi connectivity index (χ1) is 11.0. The zero-order valence-corrected chi connectivity index (χ0v) is 13.9. The molecule has 6 heteroatoms. The molecule has 1 saturated heterocycles. The number of aromatic nitrogens is 2. The van der Waals surface area contributed by atoms with E-state index in [4.69, 9.17) is 4.74 Å². The van der Waals surface area contributed by atoms with Crippen LogP contribution in [0.2, 0.25) is 0 Å². The van der Waals surface area contributed by atoms with E-state index in [2.05, 4.69) is 10.3 Å². The van der Waals surface area contributed by atoms with Gasteiger partial charge in [0, 0.05) is 18.8 Å². The smallest absolute Gasteiger partial charge is 0.307 e. The molecular formula is C17H25N3O3. The molecule has 1 unspecified atom stereocenters. The standard InChI is InChI=1S/C17H25N3O3/c1-12-13(2)20(11-19-12)9-8-18-16(22)14-10-15(21)23-17(14)6-4-3-5-7-17/h11,14H,3-10H2,1-2H3,(H,18,22). The summed E-state index contributed by atoms with van der Waals surface area (Å²) in [6.07, 6.45) is 6.87. The quantitative estimate of drug-likeness (QED) is 0.860. The maximum atomic E-state index is 12.6. The normalized spacial score (nSPS) is 23.0. The number of aryl methyl sites for hydroxylation is 1. The van der Waals surface area contributed by atoms with Gasteiger partial charge in [0.2, 0.25) is 5.91 Å². The average Bonchev–Trinajstić information content (AvgIpc) is 3.02. The molecule has 126 valence electrons. The summed E-state index contributed by atoms with van der Waals surface area (Å²) in [6, 6.07) is 0. The second kappa shape index (κ2) is 6.34. The van der Waals surface area contributed by atoms with E-state index >= 15 is 0 Å². The molecule has 0 aromatic carbocycles. The Morgan fingerprint density at radius 1 is 1.39 bits per heavy atom. The van der Waals surface area contributed by atoms with E-state index in [0.717, 1.165) is 43.5 Å². The fourth-order valence-electron chi connectivity index (χ4n) is 3.82. The fraction of sp³-hybridized carbons (Fsp3) is 0.706. The van der Waals surface area contributed by atoms with Gasteiger partial charge in [0.05, 0.1) is 24.4 Å². The summed E-state index contributed by atoms with van der Waals surface area (Å²) in [5.74, 6) is -0.610. The molecule has 1 aliphatic heterocycles. The second-order valence-corrected chi connectivity index (χ2v) is 6.76. The zero-order valence-electron chi connectivity index (χ0n) is 13.9. The summed E-state index contributed by atoms with van der Waals surface area (Å²) in [4.78, 5) is 28.6. The van der Waals surface area contributed by atoms with Crippen LogP contribution in [0, 0.1) is 19.8 Å². The number of nitrogens with zero attached hydrogens (tertiary/aromatic N) is 2. The van der Waals surface area contributed by atoms with Crippen molar-refractivity contribution in [2.75, 3.05) is 6.54 Å². The van der Waals surface area contributed by atoms with E-state index in [1.165, 1.54) is 0 Å². The van der Waals surface area contributed by atoms with E-state index in [1.807, 2.05) is 18.4 Å². The van der Waals surface area contributed by atoms with Crippen LogP contribution in [0.25, 0.3) is 0 Å². The lowest BCUT2D eigenvalue weighted by Gasteiger charge is -2.36. The van der Waals surface area contributed by atoms with Crippen molar-refractivity contribution in [3.63, 3.8) is 0 Å². The highest BCUT2D eigenvalue weighted by molar-refractivity contribution is 5.87. The monoisotopic (exact) mass is 319 g/mol. The predicted molar refractivity (Wildman–Crippen MR) is 84.7 cm³/mol. The molecule has 23 heavy (non-hydrogen) atoms. The first kappa shape index (κ1) is 16.0. The third-order valence-electron chi connectivity index (χ3n) is 5.34. The van der Waals surface area contributed by atoms with Crippen LogP contribution in [0.3, 0.4) is 0 Å². The maximum absolute atomic E-state index is 12.6. The van der Waals surface area contributed by atoms with Gasteiger partial charge >= 0.3 is 5.97 Å². The Morgan fingerprint density at radius 3 is 2.78 bits per heavy atom. The lowest BCUT2D eigenvalue weighted by molar-refractivity contribution is -0.153. The van der Waals surface area contributed by atoms with Gasteiger partial charge in [-0.25, -0.2) is 4.98 Å². The van der Waals surface area contributed by atoms with Crippen molar-refractivity contribution in [3.05, 3.63) is 17.7 Å². The van der Waals surface area contributed by atoms with Crippen LogP contribution < -0.4 is 5.32 Å². The molecule has 3 rings (SSSR count). The molecule has 1 N–H and O–H groups in total. The van der Waals surface area contributed by atoms with E-state index in [1.54, 1.807) is 6.33 Å². The number of carbonyl (C=O) groups excluding carboxylic acids is 2. The van der Waals surface area contributed by atoms with Gasteiger partial charge in [0.15, 0.2) is 0 Å². The van der Waals surface area contributed by atoms with Crippen LogP contribution in [-0.2, 0) is 20.9 Å². The van der Waals surface area contributed by atoms with E-state index in [9.17, 15) is 9.59 Å². The molecule has 2 heterocycles. The van der Waals surface area contributed by atoms with E-state index < -0.39 is 5.60 Å². The number of rotatable bonds is 4. The molecule has 1 aromatic heterocycles. The minimum Gasteiger partial charge on any atom is -0.458 e. The number of nitrogens with one attached hydrogen (secondary N) is 1. The Kier molecular flexibility index (Phi) is 4.41. The molecule has 1 atom stereocenters. The minimum absolute atomic E-state index is 0.0489. The number of esters is 1. The van der Waals surface area contributed by atoms with Crippen LogP contribution in [0.15, 0.2) is 6.33 Å². The molecule has 2 fully saturated rings. The summed E-state index contributed by atoms with van der Waals surface area (Å²) < 4.78 is 7.63. The van der Waals surface area contributed by atoms with Gasteiger partial charge in [-0.1, -0.05) is 6.42 Å². The topological polar surface area (TPSA) is 73.2 Å². The molecule has 1 aliphatic carbocycles. The third kappa shape index (κ3) is 3.12. The van der Waals surface area contributed by atoms with Crippen molar-refractivity contribution >= 4 is 11.9 Å². The van der Waals surface area contributed by atoms with Gasteiger partial charge in [-0.2, -0.15) is 0 Å². The van der Waals surface area contributed by atoms with Crippen LogP contribution in [0.5, 0.6) is 0 Å². The Balaban J connectivity index is 1.58. The third-order valence-corrected chi connectivity index (χ3v) is 5.34. The van der Waals surface area contributed by atoms with Gasteiger partial charge in [0.1, 0.15) is 5.60 Å². The van der Waals surface area contributed by atoms with E-state index in [0.29, 0.717) is 13.1 Å². The molecule has 1 amide bonds. The highest BCUT2D eigenvalue weighted by atomic mass is 16.6. The summed E-state index contributed by atoms with van der Waals surface area (Å²) in [7, 11) is 0. The Bertz CT molecular complexity index is 602. The number of hydrogen-bond donors (Lipinski definition) is 1. The maximum Gasteiger partial charge on any atom is 0.307 e. The zero-order chi connectivity index (χ0) is 16.4. The summed E-state index contributed by atoms with van der Waals surface area (Å²) in [5, 5.41) is 2.98. The molecule has 1 saturated carbocycles. The lowest BCUT2D eigenvalue weighted by atomic mass is 9.75. The van der Waals surface area contributed by atoms with Gasteiger partial charge in [-0.15, -0.1) is 0 Å². The fourth-order valence-corrected chi connectivity index (χ4v) is 3.82. The Hall–Kier alpha value is -1.85. The SMILES string of the molecule is Cc1ncn(CCNC(=O)C2CC(=O)OC23CCCCC3)c1C. The number of amides is 1. The van der Waals surface area contributed by atoms with Crippen LogP contribution in [0.1, 0.15) is 49.9 Å².